The Morgan fingerprint density at radius 2 is 1.71 bits per heavy atom. The van der Waals surface area contributed by atoms with Gasteiger partial charge in [-0.05, 0) is 36.8 Å². The van der Waals surface area contributed by atoms with Crippen LogP contribution in [0.5, 0.6) is 0 Å². The molecule has 0 unspecified atom stereocenters. The molecule has 9 heteroatoms. The average Bonchev–Trinajstić information content (AvgIpc) is 2.48. The van der Waals surface area contributed by atoms with Gasteiger partial charge in [0.2, 0.25) is 0 Å². The highest BCUT2D eigenvalue weighted by atomic mass is 35.5. The summed E-state index contributed by atoms with van der Waals surface area (Å²) >= 11 is 5.92. The highest BCUT2D eigenvalue weighted by Gasteiger charge is 2.27. The van der Waals surface area contributed by atoms with E-state index in [1.165, 1.54) is 36.4 Å². The van der Waals surface area contributed by atoms with E-state index in [1.54, 1.807) is 13.0 Å². The maximum atomic E-state index is 12.4. The van der Waals surface area contributed by atoms with Crippen LogP contribution in [0.3, 0.4) is 0 Å². The van der Waals surface area contributed by atoms with E-state index in [0.717, 1.165) is 0 Å². The lowest BCUT2D eigenvalue weighted by Gasteiger charge is -2.15. The summed E-state index contributed by atoms with van der Waals surface area (Å²) in [6.07, 6.45) is -4.42. The van der Waals surface area contributed by atoms with Crippen LogP contribution in [0, 0.1) is 6.92 Å². The molecule has 0 atom stereocenters. The number of rotatable bonds is 5. The van der Waals surface area contributed by atoms with Crippen LogP contribution in [-0.4, -0.2) is 21.1 Å². The van der Waals surface area contributed by atoms with Crippen LogP contribution >= 0.6 is 11.6 Å². The van der Waals surface area contributed by atoms with Crippen LogP contribution in [0.25, 0.3) is 0 Å². The predicted octanol–water partition coefficient (Wildman–Crippen LogP) is 4.42. The summed E-state index contributed by atoms with van der Waals surface area (Å²) in [5.74, 6) is 0. The molecular formula is C15H14ClF3N2O2S. The van der Waals surface area contributed by atoms with Gasteiger partial charge in [0.1, 0.15) is 6.54 Å². The number of benzene rings is 2. The van der Waals surface area contributed by atoms with Crippen LogP contribution in [0.15, 0.2) is 47.4 Å². The third-order valence-corrected chi connectivity index (χ3v) is 4.87. The van der Waals surface area contributed by atoms with Gasteiger partial charge in [0.05, 0.1) is 16.3 Å². The molecule has 0 heterocycles. The molecule has 0 bridgehead atoms. The number of para-hydroxylation sites is 2. The first-order valence-corrected chi connectivity index (χ1v) is 8.63. The lowest BCUT2D eigenvalue weighted by molar-refractivity contribution is -0.115. The Morgan fingerprint density at radius 1 is 1.08 bits per heavy atom. The van der Waals surface area contributed by atoms with Crippen molar-refractivity contribution in [1.82, 2.24) is 0 Å². The van der Waals surface area contributed by atoms with Gasteiger partial charge in [-0.25, -0.2) is 8.42 Å². The summed E-state index contributed by atoms with van der Waals surface area (Å²) in [7, 11) is -3.98. The maximum Gasteiger partial charge on any atom is 0.405 e. The molecule has 2 rings (SSSR count). The van der Waals surface area contributed by atoms with Crippen LogP contribution in [0.2, 0.25) is 5.02 Å². The zero-order chi connectivity index (χ0) is 18.0. The quantitative estimate of drug-likeness (QED) is 0.809. The van der Waals surface area contributed by atoms with E-state index >= 15 is 0 Å². The maximum absolute atomic E-state index is 12.4. The molecule has 0 aliphatic heterocycles. The number of hydrogen-bond donors (Lipinski definition) is 2. The first-order chi connectivity index (χ1) is 11.1. The summed E-state index contributed by atoms with van der Waals surface area (Å²) in [6.45, 7) is 0.449. The third-order valence-electron chi connectivity index (χ3n) is 3.10. The average molecular weight is 379 g/mol. The number of nitrogens with one attached hydrogen (secondary N) is 2. The first kappa shape index (κ1) is 18.4. The summed E-state index contributed by atoms with van der Waals surface area (Å²) in [5, 5.41) is 2.45. The second-order valence-electron chi connectivity index (χ2n) is 5.03. The Morgan fingerprint density at radius 3 is 2.29 bits per heavy atom. The predicted molar refractivity (Wildman–Crippen MR) is 88.0 cm³/mol. The fourth-order valence-electron chi connectivity index (χ4n) is 1.87. The first-order valence-electron chi connectivity index (χ1n) is 6.77. The van der Waals surface area contributed by atoms with Gasteiger partial charge in [0.15, 0.2) is 0 Å². The minimum atomic E-state index is -4.42. The van der Waals surface area contributed by atoms with Gasteiger partial charge >= 0.3 is 6.18 Å². The minimum absolute atomic E-state index is 0.0125. The van der Waals surface area contributed by atoms with Gasteiger partial charge in [-0.3, -0.25) is 4.72 Å². The van der Waals surface area contributed by atoms with Gasteiger partial charge in [-0.1, -0.05) is 29.8 Å². The van der Waals surface area contributed by atoms with Gasteiger partial charge in [-0.2, -0.15) is 13.2 Å². The Hall–Kier alpha value is -1.93. The van der Waals surface area contributed by atoms with Crippen LogP contribution in [0.1, 0.15) is 5.56 Å². The number of halogens is 4. The SMILES string of the molecule is Cc1ccc(S(=O)(=O)Nc2ccccc2NCC(F)(F)F)cc1Cl. The molecule has 4 nitrogen and oxygen atoms in total. The number of anilines is 2. The zero-order valence-corrected chi connectivity index (χ0v) is 14.1. The fourth-order valence-corrected chi connectivity index (χ4v) is 3.22. The molecule has 0 aliphatic rings. The Kier molecular flexibility index (Phi) is 5.29. The van der Waals surface area contributed by atoms with Crippen molar-refractivity contribution in [2.45, 2.75) is 18.0 Å². The summed E-state index contributed by atoms with van der Waals surface area (Å²) < 4.78 is 64.1. The molecule has 0 radical (unpaired) electrons. The molecule has 0 amide bonds. The number of sulfonamides is 1. The van der Waals surface area contributed by atoms with E-state index in [-0.39, 0.29) is 21.3 Å². The van der Waals surface area contributed by atoms with Crippen LogP contribution in [0.4, 0.5) is 24.5 Å². The summed E-state index contributed by atoms with van der Waals surface area (Å²) in [4.78, 5) is -0.0799. The highest BCUT2D eigenvalue weighted by Crippen LogP contribution is 2.27. The van der Waals surface area contributed by atoms with E-state index < -0.39 is 22.7 Å². The van der Waals surface area contributed by atoms with Gasteiger partial charge < -0.3 is 5.32 Å². The largest absolute Gasteiger partial charge is 0.405 e. The number of alkyl halides is 3. The molecule has 2 aromatic rings. The molecule has 24 heavy (non-hydrogen) atoms. The zero-order valence-electron chi connectivity index (χ0n) is 12.5. The Labute approximate surface area is 142 Å². The van der Waals surface area contributed by atoms with Crippen molar-refractivity contribution in [3.8, 4) is 0 Å². The van der Waals surface area contributed by atoms with E-state index in [2.05, 4.69) is 10.0 Å². The molecule has 0 fully saturated rings. The van der Waals surface area contributed by atoms with Crippen molar-refractivity contribution in [2.75, 3.05) is 16.6 Å². The summed E-state index contributed by atoms with van der Waals surface area (Å²) in [5.41, 5.74) is 0.748. The normalized spacial score (nSPS) is 12.0. The topological polar surface area (TPSA) is 58.2 Å². The molecule has 0 aliphatic carbocycles. The second kappa shape index (κ2) is 6.90. The number of aryl methyl sites for hydroxylation is 1. The van der Waals surface area contributed by atoms with Crippen molar-refractivity contribution in [2.24, 2.45) is 0 Å². The molecular weight excluding hydrogens is 365 g/mol. The van der Waals surface area contributed by atoms with E-state index in [1.807, 2.05) is 0 Å². The molecule has 130 valence electrons. The van der Waals surface area contributed by atoms with Crippen molar-refractivity contribution >= 4 is 33.0 Å². The molecule has 2 aromatic carbocycles. The Balaban J connectivity index is 2.28. The van der Waals surface area contributed by atoms with Crippen LogP contribution in [-0.2, 0) is 10.0 Å². The molecule has 2 N–H and O–H groups in total. The standard InChI is InChI=1S/C15H14ClF3N2O2S/c1-10-6-7-11(8-12(10)16)24(22,23)21-14-5-3-2-4-13(14)20-9-15(17,18)19/h2-8,20-21H,9H2,1H3. The van der Waals surface area contributed by atoms with Crippen LogP contribution < -0.4 is 10.0 Å². The van der Waals surface area contributed by atoms with Gasteiger partial charge in [0, 0.05) is 5.02 Å². The van der Waals surface area contributed by atoms with E-state index in [9.17, 15) is 21.6 Å². The van der Waals surface area contributed by atoms with Crippen molar-refractivity contribution in [1.29, 1.82) is 0 Å². The molecule has 0 saturated heterocycles. The second-order valence-corrected chi connectivity index (χ2v) is 7.12. The Bertz CT molecular complexity index is 839. The smallest absolute Gasteiger partial charge is 0.375 e. The van der Waals surface area contributed by atoms with E-state index in [4.69, 9.17) is 11.6 Å². The van der Waals surface area contributed by atoms with Crippen molar-refractivity contribution in [3.05, 3.63) is 53.1 Å². The van der Waals surface area contributed by atoms with E-state index in [0.29, 0.717) is 5.56 Å². The third kappa shape index (κ3) is 4.78. The monoisotopic (exact) mass is 378 g/mol. The fraction of sp³-hybridized carbons (Fsp3) is 0.200. The van der Waals surface area contributed by atoms with Crippen molar-refractivity contribution < 1.29 is 21.6 Å². The highest BCUT2D eigenvalue weighted by molar-refractivity contribution is 7.92. The summed E-state index contributed by atoms with van der Waals surface area (Å²) in [6, 6.07) is 9.93. The lowest BCUT2D eigenvalue weighted by atomic mass is 10.2. The van der Waals surface area contributed by atoms with Crippen molar-refractivity contribution in [3.63, 3.8) is 0 Å². The molecule has 0 saturated carbocycles. The van der Waals surface area contributed by atoms with Gasteiger partial charge in [-0.15, -0.1) is 0 Å². The van der Waals surface area contributed by atoms with Gasteiger partial charge in [0.25, 0.3) is 10.0 Å². The minimum Gasteiger partial charge on any atom is -0.375 e. The lowest BCUT2D eigenvalue weighted by Crippen LogP contribution is -2.22. The molecule has 0 spiro atoms. The number of hydrogen-bond acceptors (Lipinski definition) is 3. The molecule has 0 aromatic heterocycles.